The van der Waals surface area contributed by atoms with Gasteiger partial charge in [-0.2, -0.15) is 0 Å². The summed E-state index contributed by atoms with van der Waals surface area (Å²) in [5, 5.41) is 0. The molecule has 2 aromatic carbocycles. The van der Waals surface area contributed by atoms with E-state index in [-0.39, 0.29) is 12.2 Å². The Balaban J connectivity index is 1.51. The zero-order valence-electron chi connectivity index (χ0n) is 30.7. The first-order chi connectivity index (χ1) is 23.9. The van der Waals surface area contributed by atoms with Gasteiger partial charge in [0, 0.05) is 9.75 Å². The van der Waals surface area contributed by atoms with Crippen molar-refractivity contribution in [2.75, 3.05) is 28.4 Å². The Hall–Kier alpha value is -3.70. The largest absolute Gasteiger partial charge is 0.496 e. The molecule has 0 aliphatic heterocycles. The van der Waals surface area contributed by atoms with Gasteiger partial charge in [0.2, 0.25) is 0 Å². The summed E-state index contributed by atoms with van der Waals surface area (Å²) in [7, 11) is 6.95. The minimum atomic E-state index is 0.0320. The SMILES string of the molecule is COc1cccc(OC(C)C)c1-c1sc(-c2sc3c(OC)c(-c4sc(-c5c(OC)cccc5OC(C)C)c(C)c4C)sc3c2OC)c(C)c1C. The van der Waals surface area contributed by atoms with Gasteiger partial charge in [0.25, 0.3) is 0 Å². The predicted octanol–water partition coefficient (Wildman–Crippen LogP) is 12.6. The Kier molecular flexibility index (Phi) is 10.5. The molecule has 6 rings (SSSR count). The monoisotopic (exact) mass is 748 g/mol. The second kappa shape index (κ2) is 14.5. The highest BCUT2D eigenvalue weighted by Gasteiger charge is 2.30. The average Bonchev–Trinajstić information content (AvgIpc) is 3.79. The highest BCUT2D eigenvalue weighted by molar-refractivity contribution is 7.35. The van der Waals surface area contributed by atoms with Crippen LogP contribution in [-0.2, 0) is 0 Å². The molecule has 0 spiro atoms. The van der Waals surface area contributed by atoms with Gasteiger partial charge in [0.05, 0.1) is 80.7 Å². The molecular formula is C40H44O6S4. The van der Waals surface area contributed by atoms with Gasteiger partial charge in [-0.15, -0.1) is 45.3 Å². The quantitative estimate of drug-likeness (QED) is 0.124. The van der Waals surface area contributed by atoms with E-state index in [0.717, 1.165) is 74.5 Å². The molecule has 10 heteroatoms. The van der Waals surface area contributed by atoms with Crippen LogP contribution in [0.1, 0.15) is 49.9 Å². The smallest absolute Gasteiger partial charge is 0.156 e. The number of rotatable bonds is 12. The molecular weight excluding hydrogens is 705 g/mol. The van der Waals surface area contributed by atoms with Crippen molar-refractivity contribution in [1.82, 2.24) is 0 Å². The van der Waals surface area contributed by atoms with E-state index in [1.165, 1.54) is 32.0 Å². The van der Waals surface area contributed by atoms with Crippen molar-refractivity contribution in [1.29, 1.82) is 0 Å². The molecule has 0 amide bonds. The summed E-state index contributed by atoms with van der Waals surface area (Å²) in [6.07, 6.45) is 0.0639. The average molecular weight is 749 g/mol. The maximum atomic E-state index is 6.28. The van der Waals surface area contributed by atoms with E-state index in [4.69, 9.17) is 28.4 Å². The molecule has 0 saturated heterocycles. The van der Waals surface area contributed by atoms with Gasteiger partial charge in [-0.25, -0.2) is 0 Å². The molecule has 50 heavy (non-hydrogen) atoms. The maximum Gasteiger partial charge on any atom is 0.156 e. The molecule has 0 fully saturated rings. The normalized spacial score (nSPS) is 11.6. The summed E-state index contributed by atoms with van der Waals surface area (Å²) in [6, 6.07) is 12.0. The van der Waals surface area contributed by atoms with E-state index >= 15 is 0 Å². The molecule has 0 aliphatic rings. The zero-order valence-corrected chi connectivity index (χ0v) is 34.0. The summed E-state index contributed by atoms with van der Waals surface area (Å²) >= 11 is 6.96. The Morgan fingerprint density at radius 1 is 0.420 bits per heavy atom. The van der Waals surface area contributed by atoms with E-state index in [2.05, 4.69) is 27.7 Å². The van der Waals surface area contributed by atoms with E-state index in [1.54, 1.807) is 73.8 Å². The van der Waals surface area contributed by atoms with Crippen molar-refractivity contribution >= 4 is 54.7 Å². The summed E-state index contributed by atoms with van der Waals surface area (Å²) in [5.74, 6) is 4.97. The molecule has 0 N–H and O–H groups in total. The Morgan fingerprint density at radius 3 is 1.08 bits per heavy atom. The van der Waals surface area contributed by atoms with Crippen LogP contribution in [-0.4, -0.2) is 40.6 Å². The lowest BCUT2D eigenvalue weighted by Gasteiger charge is -2.16. The fourth-order valence-electron chi connectivity index (χ4n) is 6.18. The van der Waals surface area contributed by atoms with Crippen molar-refractivity contribution in [3.63, 3.8) is 0 Å². The lowest BCUT2D eigenvalue weighted by atomic mass is 10.0. The van der Waals surface area contributed by atoms with Gasteiger partial charge in [-0.05, 0) is 102 Å². The molecule has 0 bridgehead atoms. The highest BCUT2D eigenvalue weighted by atomic mass is 32.1. The fraction of sp³-hybridized carbons (Fsp3) is 0.350. The molecule has 0 atom stereocenters. The summed E-state index contributed by atoms with van der Waals surface area (Å²) < 4.78 is 38.9. The van der Waals surface area contributed by atoms with Crippen molar-refractivity contribution in [3.05, 3.63) is 58.7 Å². The van der Waals surface area contributed by atoms with Crippen molar-refractivity contribution in [2.45, 2.75) is 67.6 Å². The van der Waals surface area contributed by atoms with Gasteiger partial charge < -0.3 is 28.4 Å². The molecule has 4 aromatic heterocycles. The van der Waals surface area contributed by atoms with E-state index in [9.17, 15) is 0 Å². The molecule has 264 valence electrons. The summed E-state index contributed by atoms with van der Waals surface area (Å²) in [4.78, 5) is 6.80. The van der Waals surface area contributed by atoms with Gasteiger partial charge in [0.15, 0.2) is 11.5 Å². The Labute approximate surface area is 311 Å². The standard InChI is InChI=1S/C40H44O6S4/c1-19(2)45-27-17-13-15-25(41-9)29(27)33-21(5)23(7)35(47-33)37-31(43-11)39-40(49-37)32(44-12)38(50-39)36-24(8)22(6)34(48-36)30-26(42-10)16-14-18-28(30)46-20(3)4/h13-20H,1-12H3. The molecule has 0 aliphatic carbocycles. The number of thiophene rings is 4. The maximum absolute atomic E-state index is 6.28. The molecule has 0 radical (unpaired) electrons. The lowest BCUT2D eigenvalue weighted by molar-refractivity contribution is 0.242. The number of fused-ring (bicyclic) bond motifs is 1. The number of methoxy groups -OCH3 is 4. The molecule has 4 heterocycles. The lowest BCUT2D eigenvalue weighted by Crippen LogP contribution is -2.07. The van der Waals surface area contributed by atoms with Gasteiger partial charge in [0.1, 0.15) is 23.0 Å². The number of hydrogen-bond donors (Lipinski definition) is 0. The van der Waals surface area contributed by atoms with Crippen molar-refractivity contribution in [3.8, 4) is 74.9 Å². The van der Waals surface area contributed by atoms with Crippen LogP contribution in [0.25, 0.3) is 49.8 Å². The second-order valence-corrected chi connectivity index (χ2v) is 16.7. The molecule has 0 saturated carbocycles. The Morgan fingerprint density at radius 2 is 0.760 bits per heavy atom. The third-order valence-electron chi connectivity index (χ3n) is 8.75. The van der Waals surface area contributed by atoms with Crippen molar-refractivity contribution < 1.29 is 28.4 Å². The van der Waals surface area contributed by atoms with Gasteiger partial charge in [-0.3, -0.25) is 0 Å². The van der Waals surface area contributed by atoms with E-state index in [0.29, 0.717) is 0 Å². The van der Waals surface area contributed by atoms with Crippen LogP contribution in [0.4, 0.5) is 0 Å². The van der Waals surface area contributed by atoms with Crippen LogP contribution < -0.4 is 28.4 Å². The third-order valence-corrected chi connectivity index (χ3v) is 14.4. The van der Waals surface area contributed by atoms with Crippen LogP contribution in [0.15, 0.2) is 36.4 Å². The summed E-state index contributed by atoms with van der Waals surface area (Å²) in [6.45, 7) is 16.9. The topological polar surface area (TPSA) is 55.4 Å². The first-order valence-corrected chi connectivity index (χ1v) is 19.8. The predicted molar refractivity (Wildman–Crippen MR) is 214 cm³/mol. The van der Waals surface area contributed by atoms with Crippen LogP contribution in [0.3, 0.4) is 0 Å². The molecule has 0 unspecified atom stereocenters. The van der Waals surface area contributed by atoms with Crippen LogP contribution >= 0.6 is 45.3 Å². The van der Waals surface area contributed by atoms with Gasteiger partial charge in [-0.1, -0.05) is 12.1 Å². The van der Waals surface area contributed by atoms with Crippen LogP contribution in [0.2, 0.25) is 0 Å². The summed E-state index contributed by atoms with van der Waals surface area (Å²) in [5.41, 5.74) is 6.78. The van der Waals surface area contributed by atoms with Crippen LogP contribution in [0, 0.1) is 27.7 Å². The minimum absolute atomic E-state index is 0.0320. The zero-order chi connectivity index (χ0) is 36.0. The first kappa shape index (κ1) is 36.1. The first-order valence-electron chi connectivity index (χ1n) is 16.5. The number of benzene rings is 2. The number of hydrogen-bond acceptors (Lipinski definition) is 10. The highest BCUT2D eigenvalue weighted by Crippen LogP contribution is 2.60. The van der Waals surface area contributed by atoms with Crippen molar-refractivity contribution in [2.24, 2.45) is 0 Å². The van der Waals surface area contributed by atoms with E-state index in [1.807, 2.05) is 64.1 Å². The minimum Gasteiger partial charge on any atom is -0.496 e. The van der Waals surface area contributed by atoms with E-state index < -0.39 is 0 Å². The van der Waals surface area contributed by atoms with Crippen LogP contribution in [0.5, 0.6) is 34.5 Å². The Bertz CT molecular complexity index is 2020. The van der Waals surface area contributed by atoms with Gasteiger partial charge >= 0.3 is 0 Å². The molecule has 6 aromatic rings. The third kappa shape index (κ3) is 6.14. The second-order valence-electron chi connectivity index (χ2n) is 12.6. The number of ether oxygens (including phenoxy) is 6. The fourth-order valence-corrected chi connectivity index (χ4v) is 12.1. The molecule has 6 nitrogen and oxygen atoms in total.